The van der Waals surface area contributed by atoms with Crippen molar-refractivity contribution in [2.45, 2.75) is 45.1 Å². The van der Waals surface area contributed by atoms with Gasteiger partial charge >= 0.3 is 0 Å². The lowest BCUT2D eigenvalue weighted by atomic mass is 9.84. The van der Waals surface area contributed by atoms with E-state index in [0.717, 1.165) is 19.1 Å². The predicted octanol–water partition coefficient (Wildman–Crippen LogP) is 2.22. The Labute approximate surface area is 118 Å². The first kappa shape index (κ1) is 16.9. The highest BCUT2D eigenvalue weighted by Gasteiger charge is 2.18. The van der Waals surface area contributed by atoms with Crippen LogP contribution >= 0.6 is 0 Å². The lowest BCUT2D eigenvalue weighted by molar-refractivity contribution is 0.0249. The number of hydrogen-bond donors (Lipinski definition) is 1. The van der Waals surface area contributed by atoms with E-state index in [4.69, 9.17) is 14.2 Å². The van der Waals surface area contributed by atoms with Crippen molar-refractivity contribution < 1.29 is 14.2 Å². The molecule has 1 saturated carbocycles. The summed E-state index contributed by atoms with van der Waals surface area (Å²) in [6.45, 7) is 6.65. The molecule has 0 spiro atoms. The Balaban J connectivity index is 1.84. The molecular weight excluding hydrogens is 242 g/mol. The Morgan fingerprint density at radius 3 is 2.26 bits per heavy atom. The first-order valence-electron chi connectivity index (χ1n) is 7.72. The molecule has 4 heteroatoms. The normalized spacial score (nSPS) is 18.6. The zero-order valence-electron chi connectivity index (χ0n) is 12.7. The fourth-order valence-electron chi connectivity index (χ4n) is 2.62. The Morgan fingerprint density at radius 1 is 0.947 bits per heavy atom. The van der Waals surface area contributed by atoms with Gasteiger partial charge in [-0.05, 0) is 25.7 Å². The summed E-state index contributed by atoms with van der Waals surface area (Å²) < 4.78 is 15.7. The van der Waals surface area contributed by atoms with Crippen molar-refractivity contribution in [1.29, 1.82) is 0 Å². The summed E-state index contributed by atoms with van der Waals surface area (Å²) in [7, 11) is 1.68. The summed E-state index contributed by atoms with van der Waals surface area (Å²) in [6.07, 6.45) is 7.03. The molecule has 0 heterocycles. The van der Waals surface area contributed by atoms with E-state index in [1.165, 1.54) is 32.1 Å². The van der Waals surface area contributed by atoms with Gasteiger partial charge in [-0.25, -0.2) is 0 Å². The third-order valence-corrected chi connectivity index (χ3v) is 3.87. The van der Waals surface area contributed by atoms with Gasteiger partial charge in [0.15, 0.2) is 0 Å². The predicted molar refractivity (Wildman–Crippen MR) is 77.6 cm³/mol. The topological polar surface area (TPSA) is 39.7 Å². The van der Waals surface area contributed by atoms with Crippen LogP contribution in [0.15, 0.2) is 0 Å². The van der Waals surface area contributed by atoms with E-state index in [1.54, 1.807) is 7.11 Å². The minimum absolute atomic E-state index is 0.627. The molecule has 0 saturated heterocycles. The first-order valence-corrected chi connectivity index (χ1v) is 7.72. The second-order valence-electron chi connectivity index (χ2n) is 5.36. The Kier molecular flexibility index (Phi) is 10.4. The number of ether oxygens (including phenoxy) is 3. The molecule has 0 aromatic rings. The zero-order valence-corrected chi connectivity index (χ0v) is 12.7. The highest BCUT2D eigenvalue weighted by atomic mass is 16.5. The van der Waals surface area contributed by atoms with Crippen LogP contribution in [0.25, 0.3) is 0 Å². The fourth-order valence-corrected chi connectivity index (χ4v) is 2.62. The van der Waals surface area contributed by atoms with Gasteiger partial charge in [0.25, 0.3) is 0 Å². The molecule has 1 N–H and O–H groups in total. The van der Waals surface area contributed by atoms with Crippen molar-refractivity contribution in [3.8, 4) is 0 Å². The van der Waals surface area contributed by atoms with E-state index in [1.807, 2.05) is 0 Å². The van der Waals surface area contributed by atoms with E-state index in [-0.39, 0.29) is 0 Å². The molecule has 1 rings (SSSR count). The van der Waals surface area contributed by atoms with E-state index >= 15 is 0 Å². The van der Waals surface area contributed by atoms with Gasteiger partial charge in [-0.3, -0.25) is 0 Å². The SMILES string of the molecule is COCCOCCOCCN[C@H](C)C1CCCCC1. The Morgan fingerprint density at radius 2 is 1.58 bits per heavy atom. The maximum atomic E-state index is 5.52. The number of nitrogens with one attached hydrogen (secondary N) is 1. The van der Waals surface area contributed by atoms with Crippen LogP contribution in [0.2, 0.25) is 0 Å². The van der Waals surface area contributed by atoms with Gasteiger partial charge in [0.2, 0.25) is 0 Å². The van der Waals surface area contributed by atoms with Crippen molar-refractivity contribution in [2.24, 2.45) is 5.92 Å². The average molecular weight is 273 g/mol. The van der Waals surface area contributed by atoms with Gasteiger partial charge in [0, 0.05) is 19.7 Å². The number of hydrogen-bond acceptors (Lipinski definition) is 4. The van der Waals surface area contributed by atoms with Gasteiger partial charge < -0.3 is 19.5 Å². The molecule has 4 nitrogen and oxygen atoms in total. The molecule has 1 aliphatic carbocycles. The second kappa shape index (κ2) is 11.6. The number of methoxy groups -OCH3 is 1. The summed E-state index contributed by atoms with van der Waals surface area (Å²) in [5.74, 6) is 0.867. The summed E-state index contributed by atoms with van der Waals surface area (Å²) in [6, 6.07) is 0.627. The molecule has 0 aliphatic heterocycles. The van der Waals surface area contributed by atoms with Crippen molar-refractivity contribution >= 4 is 0 Å². The Hall–Kier alpha value is -0.160. The van der Waals surface area contributed by atoms with Crippen LogP contribution in [0, 0.1) is 5.92 Å². The van der Waals surface area contributed by atoms with Crippen LogP contribution in [-0.4, -0.2) is 52.7 Å². The van der Waals surface area contributed by atoms with Gasteiger partial charge in [-0.15, -0.1) is 0 Å². The van der Waals surface area contributed by atoms with Gasteiger partial charge in [-0.1, -0.05) is 19.3 Å². The minimum atomic E-state index is 0.627. The second-order valence-corrected chi connectivity index (χ2v) is 5.36. The standard InChI is InChI=1S/C15H31NO3/c1-14(15-6-4-3-5-7-15)16-8-9-18-12-13-19-11-10-17-2/h14-16H,3-13H2,1-2H3/t14-/m1/s1. The third-order valence-electron chi connectivity index (χ3n) is 3.87. The molecule has 1 fully saturated rings. The largest absolute Gasteiger partial charge is 0.382 e. The van der Waals surface area contributed by atoms with E-state index in [0.29, 0.717) is 32.5 Å². The van der Waals surface area contributed by atoms with E-state index < -0.39 is 0 Å². The van der Waals surface area contributed by atoms with Crippen LogP contribution in [-0.2, 0) is 14.2 Å². The van der Waals surface area contributed by atoms with Crippen molar-refractivity contribution in [3.05, 3.63) is 0 Å². The van der Waals surface area contributed by atoms with Crippen LogP contribution in [0.5, 0.6) is 0 Å². The van der Waals surface area contributed by atoms with Crippen LogP contribution in [0.4, 0.5) is 0 Å². The maximum absolute atomic E-state index is 5.52. The highest BCUT2D eigenvalue weighted by Crippen LogP contribution is 2.26. The molecular formula is C15H31NO3. The van der Waals surface area contributed by atoms with Crippen molar-refractivity contribution in [1.82, 2.24) is 5.32 Å². The first-order chi connectivity index (χ1) is 9.34. The molecule has 0 amide bonds. The monoisotopic (exact) mass is 273 g/mol. The zero-order chi connectivity index (χ0) is 13.8. The lowest BCUT2D eigenvalue weighted by Crippen LogP contribution is -2.36. The van der Waals surface area contributed by atoms with E-state index in [9.17, 15) is 0 Å². The summed E-state index contributed by atoms with van der Waals surface area (Å²) in [5.41, 5.74) is 0. The smallest absolute Gasteiger partial charge is 0.0701 e. The average Bonchev–Trinajstić information content (AvgIpc) is 2.46. The molecule has 1 atom stereocenters. The van der Waals surface area contributed by atoms with Gasteiger partial charge in [0.05, 0.1) is 33.0 Å². The van der Waals surface area contributed by atoms with Crippen molar-refractivity contribution in [3.63, 3.8) is 0 Å². The van der Waals surface area contributed by atoms with Gasteiger partial charge in [-0.2, -0.15) is 0 Å². The van der Waals surface area contributed by atoms with Crippen LogP contribution in [0.1, 0.15) is 39.0 Å². The van der Waals surface area contributed by atoms with Gasteiger partial charge in [0.1, 0.15) is 0 Å². The lowest BCUT2D eigenvalue weighted by Gasteiger charge is -2.28. The third kappa shape index (κ3) is 8.58. The molecule has 0 radical (unpaired) electrons. The molecule has 19 heavy (non-hydrogen) atoms. The number of rotatable bonds is 11. The summed E-state index contributed by atoms with van der Waals surface area (Å²) in [5, 5.41) is 3.58. The van der Waals surface area contributed by atoms with Crippen LogP contribution in [0.3, 0.4) is 0 Å². The summed E-state index contributed by atoms with van der Waals surface area (Å²) in [4.78, 5) is 0. The highest BCUT2D eigenvalue weighted by molar-refractivity contribution is 4.75. The fraction of sp³-hybridized carbons (Fsp3) is 1.00. The Bertz CT molecular complexity index is 196. The van der Waals surface area contributed by atoms with Crippen molar-refractivity contribution in [2.75, 3.05) is 46.7 Å². The molecule has 114 valence electrons. The quantitative estimate of drug-likeness (QED) is 0.586. The molecule has 0 aromatic heterocycles. The molecule has 0 aromatic carbocycles. The molecule has 1 aliphatic rings. The molecule has 0 bridgehead atoms. The van der Waals surface area contributed by atoms with E-state index in [2.05, 4.69) is 12.2 Å². The molecule has 0 unspecified atom stereocenters. The van der Waals surface area contributed by atoms with Crippen LogP contribution < -0.4 is 5.32 Å². The summed E-state index contributed by atoms with van der Waals surface area (Å²) >= 11 is 0. The maximum Gasteiger partial charge on any atom is 0.0701 e. The minimum Gasteiger partial charge on any atom is -0.382 e.